The Morgan fingerprint density at radius 3 is 2.49 bits per heavy atom. The van der Waals surface area contributed by atoms with E-state index in [0.29, 0.717) is 10.9 Å². The first-order chi connectivity index (χ1) is 18.0. The van der Waals surface area contributed by atoms with Gasteiger partial charge in [0, 0.05) is 27.3 Å². The van der Waals surface area contributed by atoms with Crippen molar-refractivity contribution in [1.82, 2.24) is 0 Å². The number of hydrogen-bond acceptors (Lipinski definition) is 1. The van der Waals surface area contributed by atoms with Crippen LogP contribution in [0.2, 0.25) is 5.02 Å². The Morgan fingerprint density at radius 1 is 0.730 bits per heavy atom. The summed E-state index contributed by atoms with van der Waals surface area (Å²) in [5.41, 5.74) is 10.4. The van der Waals surface area contributed by atoms with Crippen LogP contribution in [-0.2, 0) is 5.41 Å². The highest BCUT2D eigenvalue weighted by molar-refractivity contribution is 6.31. The second-order valence-electron chi connectivity index (χ2n) is 12.1. The molecule has 2 bridgehead atoms. The highest BCUT2D eigenvalue weighted by Crippen LogP contribution is 2.64. The largest absolute Gasteiger partial charge is 0.456 e. The SMILES string of the molecule is CC1CC2CC(C)C3(c4ccccc4-c4cc(-c5cccc6oc7cc(Cl)ccc7c56)ccc43)C(C1)C2. The molecule has 0 aliphatic heterocycles. The van der Waals surface area contributed by atoms with E-state index in [2.05, 4.69) is 80.6 Å². The van der Waals surface area contributed by atoms with E-state index in [0.717, 1.165) is 34.3 Å². The van der Waals surface area contributed by atoms with Gasteiger partial charge in [0.25, 0.3) is 0 Å². The van der Waals surface area contributed by atoms with Gasteiger partial charge in [-0.25, -0.2) is 0 Å². The molecular weight excluding hydrogens is 472 g/mol. The van der Waals surface area contributed by atoms with Crippen molar-refractivity contribution in [3.8, 4) is 22.3 Å². The van der Waals surface area contributed by atoms with Crippen LogP contribution in [0.4, 0.5) is 0 Å². The van der Waals surface area contributed by atoms with Crippen LogP contribution in [0.1, 0.15) is 50.7 Å². The van der Waals surface area contributed by atoms with Gasteiger partial charge in [0.2, 0.25) is 0 Å². The fourth-order valence-electron chi connectivity index (χ4n) is 8.93. The van der Waals surface area contributed by atoms with E-state index in [4.69, 9.17) is 16.0 Å². The minimum Gasteiger partial charge on any atom is -0.456 e. The van der Waals surface area contributed by atoms with E-state index < -0.39 is 0 Å². The van der Waals surface area contributed by atoms with Gasteiger partial charge in [0.15, 0.2) is 0 Å². The molecule has 1 spiro atoms. The Balaban J connectivity index is 1.37. The van der Waals surface area contributed by atoms with E-state index in [9.17, 15) is 0 Å². The molecular formula is C35H31ClO. The van der Waals surface area contributed by atoms with Crippen molar-refractivity contribution in [1.29, 1.82) is 0 Å². The van der Waals surface area contributed by atoms with Gasteiger partial charge in [-0.3, -0.25) is 0 Å². The topological polar surface area (TPSA) is 13.1 Å². The van der Waals surface area contributed by atoms with E-state index in [1.54, 1.807) is 11.1 Å². The van der Waals surface area contributed by atoms with Gasteiger partial charge < -0.3 is 4.42 Å². The van der Waals surface area contributed by atoms with Crippen molar-refractivity contribution in [3.05, 3.63) is 95.0 Å². The summed E-state index contributed by atoms with van der Waals surface area (Å²) in [7, 11) is 0. The van der Waals surface area contributed by atoms with E-state index in [1.165, 1.54) is 53.3 Å². The molecule has 5 aromatic rings. The predicted octanol–water partition coefficient (Wildman–Crippen LogP) is 10.3. The predicted molar refractivity (Wildman–Crippen MR) is 154 cm³/mol. The van der Waals surface area contributed by atoms with Crippen molar-refractivity contribution in [2.24, 2.45) is 23.7 Å². The van der Waals surface area contributed by atoms with Gasteiger partial charge in [-0.1, -0.05) is 74.0 Å². The van der Waals surface area contributed by atoms with Crippen LogP contribution in [0.5, 0.6) is 0 Å². The summed E-state index contributed by atoms with van der Waals surface area (Å²) >= 11 is 6.28. The van der Waals surface area contributed by atoms with Gasteiger partial charge in [0.05, 0.1) is 0 Å². The lowest BCUT2D eigenvalue weighted by atomic mass is 9.49. The third-order valence-electron chi connectivity index (χ3n) is 10.0. The fourth-order valence-corrected chi connectivity index (χ4v) is 9.09. The third-order valence-corrected chi connectivity index (χ3v) is 10.3. The number of benzene rings is 4. The average molecular weight is 503 g/mol. The van der Waals surface area contributed by atoms with Crippen LogP contribution in [0, 0.1) is 23.7 Å². The maximum Gasteiger partial charge on any atom is 0.136 e. The van der Waals surface area contributed by atoms with E-state index in [1.807, 2.05) is 12.1 Å². The number of furan rings is 1. The maximum atomic E-state index is 6.28. The molecule has 184 valence electrons. The first-order valence-electron chi connectivity index (χ1n) is 13.9. The van der Waals surface area contributed by atoms with Crippen molar-refractivity contribution < 1.29 is 4.42 Å². The molecule has 3 aliphatic rings. The number of rotatable bonds is 1. The molecule has 1 aromatic heterocycles. The number of fused-ring (bicyclic) bond motifs is 11. The second kappa shape index (κ2) is 7.74. The van der Waals surface area contributed by atoms with Crippen molar-refractivity contribution in [2.75, 3.05) is 0 Å². The summed E-state index contributed by atoms with van der Waals surface area (Å²) in [5.74, 6) is 3.10. The van der Waals surface area contributed by atoms with E-state index in [-0.39, 0.29) is 5.41 Å². The minimum absolute atomic E-state index is 0.140. The molecule has 1 heterocycles. The normalized spacial score (nSPS) is 28.1. The Labute approximate surface area is 223 Å². The van der Waals surface area contributed by atoms with Gasteiger partial charge in [-0.05, 0) is 107 Å². The average Bonchev–Trinajstić information content (AvgIpc) is 3.40. The molecule has 1 nitrogen and oxygen atoms in total. The summed E-state index contributed by atoms with van der Waals surface area (Å²) in [4.78, 5) is 0. The molecule has 0 amide bonds. The van der Waals surface area contributed by atoms with Crippen molar-refractivity contribution >= 4 is 33.5 Å². The Bertz CT molecular complexity index is 1710. The van der Waals surface area contributed by atoms with Crippen molar-refractivity contribution in [3.63, 3.8) is 0 Å². The molecule has 0 saturated heterocycles. The number of hydrogen-bond donors (Lipinski definition) is 0. The van der Waals surface area contributed by atoms with Gasteiger partial charge in [-0.2, -0.15) is 0 Å². The standard InChI is InChI=1S/C35H31ClO/c1-20-14-22-16-21(2)35(24(15-20)17-22)30-8-4-3-6-27(30)29-18-23(10-13-31(29)35)26-7-5-9-32-34(26)28-12-11-25(36)19-33(28)37-32/h3-13,18-22,24H,14-17H2,1-2H3. The molecule has 0 N–H and O–H groups in total. The fraction of sp³-hybridized carbons (Fsp3) is 0.314. The zero-order chi connectivity index (χ0) is 24.9. The lowest BCUT2D eigenvalue weighted by Gasteiger charge is -2.54. The Morgan fingerprint density at radius 2 is 1.57 bits per heavy atom. The Kier molecular flexibility index (Phi) is 4.60. The molecule has 2 saturated carbocycles. The van der Waals surface area contributed by atoms with Gasteiger partial charge in [-0.15, -0.1) is 0 Å². The molecule has 4 aromatic carbocycles. The maximum absolute atomic E-state index is 6.28. The van der Waals surface area contributed by atoms with Crippen LogP contribution in [0.3, 0.4) is 0 Å². The lowest BCUT2D eigenvalue weighted by Crippen LogP contribution is -2.49. The molecule has 8 rings (SSSR count). The molecule has 2 fully saturated rings. The monoisotopic (exact) mass is 502 g/mol. The smallest absolute Gasteiger partial charge is 0.136 e. The third kappa shape index (κ3) is 2.93. The summed E-state index contributed by atoms with van der Waals surface area (Å²) in [6, 6.07) is 29.0. The van der Waals surface area contributed by atoms with Crippen LogP contribution >= 0.6 is 11.6 Å². The van der Waals surface area contributed by atoms with Crippen molar-refractivity contribution in [2.45, 2.75) is 44.9 Å². The van der Waals surface area contributed by atoms with Gasteiger partial charge >= 0.3 is 0 Å². The molecule has 5 unspecified atom stereocenters. The summed E-state index contributed by atoms with van der Waals surface area (Å²) in [6.07, 6.45) is 5.49. The summed E-state index contributed by atoms with van der Waals surface area (Å²) < 4.78 is 6.22. The summed E-state index contributed by atoms with van der Waals surface area (Å²) in [6.45, 7) is 5.02. The quantitative estimate of drug-likeness (QED) is 0.222. The van der Waals surface area contributed by atoms with E-state index >= 15 is 0 Å². The summed E-state index contributed by atoms with van der Waals surface area (Å²) in [5, 5.41) is 2.99. The van der Waals surface area contributed by atoms with Crippen LogP contribution < -0.4 is 0 Å². The zero-order valence-electron chi connectivity index (χ0n) is 21.4. The molecule has 37 heavy (non-hydrogen) atoms. The molecule has 3 aliphatic carbocycles. The highest BCUT2D eigenvalue weighted by atomic mass is 35.5. The first-order valence-corrected chi connectivity index (χ1v) is 14.3. The number of halogens is 1. The van der Waals surface area contributed by atoms with Crippen LogP contribution in [0.25, 0.3) is 44.2 Å². The van der Waals surface area contributed by atoms with Crippen LogP contribution in [0.15, 0.2) is 83.3 Å². The minimum atomic E-state index is 0.140. The first kappa shape index (κ1) is 22.0. The zero-order valence-corrected chi connectivity index (χ0v) is 22.2. The van der Waals surface area contributed by atoms with Gasteiger partial charge in [0.1, 0.15) is 11.2 Å². The van der Waals surface area contributed by atoms with Crippen LogP contribution in [-0.4, -0.2) is 0 Å². The highest BCUT2D eigenvalue weighted by Gasteiger charge is 2.56. The lowest BCUT2D eigenvalue weighted by molar-refractivity contribution is 0.0426. The molecule has 0 radical (unpaired) electrons. The molecule has 5 atom stereocenters. The molecule has 2 heteroatoms. The Hall–Kier alpha value is -3.03. The second-order valence-corrected chi connectivity index (χ2v) is 12.5.